The van der Waals surface area contributed by atoms with Gasteiger partial charge < -0.3 is 34.5 Å². The maximum Gasteiger partial charge on any atom is 1.00 e. The third-order valence-corrected chi connectivity index (χ3v) is 27.4. The van der Waals surface area contributed by atoms with Crippen molar-refractivity contribution in [1.29, 1.82) is 0 Å². The molecule has 504 valence electrons. The molecule has 0 atom stereocenters. The molecule has 0 amide bonds. The van der Waals surface area contributed by atoms with Crippen molar-refractivity contribution in [3.05, 3.63) is 291 Å². The quantitative estimate of drug-likeness (QED) is 0.0601. The summed E-state index contributed by atoms with van der Waals surface area (Å²) in [5, 5.41) is 36.5. The van der Waals surface area contributed by atoms with Gasteiger partial charge in [0.25, 0.3) is 0 Å². The predicted molar refractivity (Wildman–Crippen MR) is 384 cm³/mol. The van der Waals surface area contributed by atoms with Crippen molar-refractivity contribution in [2.24, 2.45) is 0 Å². The monoisotopic (exact) mass is 1480 g/mol. The Bertz CT molecular complexity index is 3430. The van der Waals surface area contributed by atoms with Crippen LogP contribution in [0.25, 0.3) is 23.0 Å². The summed E-state index contributed by atoms with van der Waals surface area (Å²) in [6.07, 6.45) is 3.43. The number of hydrogen-bond acceptors (Lipinski definition) is 8. The molecule has 0 fully saturated rings. The van der Waals surface area contributed by atoms with Crippen LogP contribution in [0.5, 0.6) is 0 Å². The molecule has 12 aromatic rings. The predicted octanol–water partition coefficient (Wildman–Crippen LogP) is 14.9. The third kappa shape index (κ3) is 27.9. The van der Waals surface area contributed by atoms with Gasteiger partial charge in [0.15, 0.2) is 11.8 Å². The van der Waals surface area contributed by atoms with Crippen LogP contribution in [0.2, 0.25) is 0 Å². The average molecular weight is 1480 g/mol. The summed E-state index contributed by atoms with van der Waals surface area (Å²) in [4.78, 5) is 11.5. The molecule has 8 aromatic carbocycles. The molecular weight excluding hydrogens is 1410 g/mol. The fraction of sp³-hybridized carbons (Fsp3) is 0.143. The normalized spacial score (nSPS) is 11.1. The van der Waals surface area contributed by atoms with Crippen LogP contribution in [-0.2, 0) is 45.2 Å². The van der Waals surface area contributed by atoms with E-state index >= 15 is 0 Å². The van der Waals surface area contributed by atoms with Gasteiger partial charge in [-0.2, -0.15) is 9.59 Å². The molecule has 96 heavy (non-hydrogen) atoms. The van der Waals surface area contributed by atoms with Gasteiger partial charge in [-0.25, -0.2) is 0 Å². The molecule has 0 aliphatic heterocycles. The number of aromatic nitrogens is 10. The summed E-state index contributed by atoms with van der Waals surface area (Å²) in [6.45, 7) is 12.1. The van der Waals surface area contributed by atoms with E-state index in [0.29, 0.717) is 11.6 Å². The Morgan fingerprint density at radius 2 is 0.469 bits per heavy atom. The van der Waals surface area contributed by atoms with E-state index in [-0.39, 0.29) is 45.2 Å². The topological polar surface area (TPSA) is 113 Å². The van der Waals surface area contributed by atoms with Crippen LogP contribution in [0.15, 0.2) is 291 Å². The second-order valence-corrected chi connectivity index (χ2v) is 34.0. The first-order valence-electron chi connectivity index (χ1n) is 30.0. The zero-order valence-corrected chi connectivity index (χ0v) is 59.3. The molecule has 4 aromatic heterocycles. The smallest absolute Gasteiger partial charge is 0.418 e. The number of halogens is 8. The van der Waals surface area contributed by atoms with Crippen molar-refractivity contribution in [1.82, 2.24) is 50.4 Å². The van der Waals surface area contributed by atoms with Gasteiger partial charge in [-0.3, -0.25) is 9.97 Å². The summed E-state index contributed by atoms with van der Waals surface area (Å²) in [5.41, 5.74) is 1.18. The molecule has 0 spiro atoms. The average Bonchev–Trinajstić information content (AvgIpc) is 1.71. The van der Waals surface area contributed by atoms with Crippen molar-refractivity contribution in [2.75, 3.05) is 11.8 Å². The molecular formula is C70H74B2Cu2F8N10P4+4. The van der Waals surface area contributed by atoms with Crippen LogP contribution in [0, 0.1) is 0 Å². The zero-order valence-electron chi connectivity index (χ0n) is 53.4. The van der Waals surface area contributed by atoms with Crippen molar-refractivity contribution in [3.63, 3.8) is 0 Å². The molecule has 0 aliphatic carbocycles. The molecule has 10 nitrogen and oxygen atoms in total. The number of pyridine rings is 2. The molecule has 0 saturated carbocycles. The van der Waals surface area contributed by atoms with E-state index in [1.165, 1.54) is 54.2 Å². The van der Waals surface area contributed by atoms with Crippen LogP contribution in [-0.4, -0.2) is 76.7 Å². The zero-order chi connectivity index (χ0) is 67.4. The van der Waals surface area contributed by atoms with Gasteiger partial charge in [-0.05, 0) is 173 Å². The van der Waals surface area contributed by atoms with Crippen LogP contribution in [0.3, 0.4) is 0 Å². The molecule has 0 bridgehead atoms. The minimum atomic E-state index is -6.00. The number of benzene rings is 8. The first kappa shape index (κ1) is 79.2. The van der Waals surface area contributed by atoms with Gasteiger partial charge in [0, 0.05) is 12.4 Å². The van der Waals surface area contributed by atoms with Crippen molar-refractivity contribution < 1.29 is 68.7 Å². The van der Waals surface area contributed by atoms with E-state index in [2.05, 4.69) is 283 Å². The molecule has 26 heteroatoms. The van der Waals surface area contributed by atoms with Gasteiger partial charge >= 0.3 is 48.6 Å². The van der Waals surface area contributed by atoms with E-state index in [9.17, 15) is 34.5 Å². The third-order valence-electron chi connectivity index (χ3n) is 13.5. The molecule has 0 unspecified atom stereocenters. The van der Waals surface area contributed by atoms with Gasteiger partial charge in [-0.15, -0.1) is 20.4 Å². The molecule has 0 aliphatic rings. The van der Waals surface area contributed by atoms with Crippen LogP contribution < -0.4 is 42.4 Å². The maximum atomic E-state index is 9.75. The molecule has 0 radical (unpaired) electrons. The van der Waals surface area contributed by atoms with E-state index in [0.717, 1.165) is 11.4 Å². The fourth-order valence-electron chi connectivity index (χ4n) is 9.14. The van der Waals surface area contributed by atoms with Crippen LogP contribution >= 0.6 is 31.7 Å². The Kier molecular flexibility index (Phi) is 32.7. The summed E-state index contributed by atoms with van der Waals surface area (Å²) in [5.74, 6) is 3.62. The SMILES string of the molecule is CC(C)(C)n1nnc(-c2ccccn2)n1.CC(C)(C)n1nnc(-c2ccccn2)n1.F[B-](F)(F)F.F[B-](F)(F)F.[Cu+].[Cu+].c1ccc([PH+](C[PH+](c2ccccc2)c2ccccc2)c2ccccc2)cc1.c1ccc([PH+](C[PH+](c2ccccc2)c2ccccc2)c2ccccc2)cc1. The summed E-state index contributed by atoms with van der Waals surface area (Å²) in [6, 6.07) is 100. The summed E-state index contributed by atoms with van der Waals surface area (Å²) in [7, 11) is -15.4. The minimum absolute atomic E-state index is 0. The van der Waals surface area contributed by atoms with Gasteiger partial charge in [0.1, 0.15) is 85.5 Å². The Balaban J connectivity index is 0.000000225. The Labute approximate surface area is 582 Å². The van der Waals surface area contributed by atoms with Gasteiger partial charge in [-0.1, -0.05) is 158 Å². The number of rotatable bonds is 14. The second kappa shape index (κ2) is 39.7. The molecule has 0 saturated heterocycles. The van der Waals surface area contributed by atoms with Crippen molar-refractivity contribution in [2.45, 2.75) is 52.6 Å². The van der Waals surface area contributed by atoms with E-state index < -0.39 is 46.2 Å². The minimum Gasteiger partial charge on any atom is -0.418 e. The molecule has 4 heterocycles. The van der Waals surface area contributed by atoms with Crippen LogP contribution in [0.1, 0.15) is 41.5 Å². The van der Waals surface area contributed by atoms with Crippen molar-refractivity contribution >= 4 is 88.6 Å². The first-order chi connectivity index (χ1) is 45.0. The second-order valence-electron chi connectivity index (χ2n) is 22.8. The molecule has 0 N–H and O–H groups in total. The number of hydrogen-bond donors (Lipinski definition) is 0. The Morgan fingerprint density at radius 3 is 0.615 bits per heavy atom. The number of nitrogens with zero attached hydrogens (tertiary/aromatic N) is 10. The largest absolute Gasteiger partial charge is 1.00 e. The van der Waals surface area contributed by atoms with Gasteiger partial charge in [0.2, 0.25) is 11.6 Å². The summed E-state index contributed by atoms with van der Waals surface area (Å²) < 4.78 is 78.0. The Morgan fingerprint density at radius 1 is 0.292 bits per heavy atom. The maximum absolute atomic E-state index is 9.75. The summed E-state index contributed by atoms with van der Waals surface area (Å²) >= 11 is 0. The van der Waals surface area contributed by atoms with Crippen LogP contribution in [0.4, 0.5) is 34.5 Å². The van der Waals surface area contributed by atoms with E-state index in [1.54, 1.807) is 22.0 Å². The van der Waals surface area contributed by atoms with E-state index in [1.807, 2.05) is 77.9 Å². The fourth-order valence-corrected chi connectivity index (χ4v) is 24.6. The van der Waals surface area contributed by atoms with Gasteiger partial charge in [0.05, 0.1) is 11.1 Å². The van der Waals surface area contributed by atoms with Crippen molar-refractivity contribution in [3.8, 4) is 23.0 Å². The molecule has 12 rings (SSSR count). The first-order valence-corrected chi connectivity index (χ1v) is 36.9. The Hall–Kier alpha value is -7.47. The standard InChI is InChI=1S/2C25H22P2.2C10H13N5.2BF4.2Cu/c2*1-5-13-22(14-6-1)26(23-15-7-2-8-16-23)21-27(24-17-9-3-10-18-24)25-19-11-4-12-20-25;2*1-10(2,3)15-13-9(12-14-15)8-6-4-5-7-11-8;2*2-1(3,4)5;;/h2*1-20H,21H2;2*4-7H,1-3H3;;;;/q;;;;2*-1;2*+1/p+4. The number of tetrazole rings is 2. The van der Waals surface area contributed by atoms with E-state index in [4.69, 9.17) is 0 Å².